The van der Waals surface area contributed by atoms with E-state index in [1.54, 1.807) is 31.4 Å². The van der Waals surface area contributed by atoms with Crippen molar-refractivity contribution in [1.82, 2.24) is 14.2 Å². The third-order valence-electron chi connectivity index (χ3n) is 5.71. The van der Waals surface area contributed by atoms with Crippen LogP contribution >= 0.6 is 0 Å². The molecule has 0 atom stereocenters. The van der Waals surface area contributed by atoms with E-state index in [0.717, 1.165) is 22.8 Å². The van der Waals surface area contributed by atoms with Crippen molar-refractivity contribution in [1.29, 1.82) is 0 Å². The second kappa shape index (κ2) is 9.94. The molecule has 1 saturated heterocycles. The SMILES string of the molecule is CCOc1ccc(-c2nc(CN3CCN(S(=O)(=O)c4ccc(OC)cc4)CC3)c(C)o2)cc1. The van der Waals surface area contributed by atoms with E-state index in [4.69, 9.17) is 13.9 Å². The molecular weight excluding hydrogens is 442 g/mol. The Kier molecular flexibility index (Phi) is 7.02. The summed E-state index contributed by atoms with van der Waals surface area (Å²) in [5.41, 5.74) is 1.76. The van der Waals surface area contributed by atoms with Gasteiger partial charge in [-0.1, -0.05) is 0 Å². The van der Waals surface area contributed by atoms with Crippen LogP contribution in [0, 0.1) is 6.92 Å². The van der Waals surface area contributed by atoms with Crippen LogP contribution in [0.4, 0.5) is 0 Å². The van der Waals surface area contributed by atoms with Crippen LogP contribution in [0.2, 0.25) is 0 Å². The summed E-state index contributed by atoms with van der Waals surface area (Å²) in [7, 11) is -1.97. The summed E-state index contributed by atoms with van der Waals surface area (Å²) in [6.07, 6.45) is 0. The number of hydrogen-bond donors (Lipinski definition) is 0. The van der Waals surface area contributed by atoms with Crippen LogP contribution in [0.3, 0.4) is 0 Å². The summed E-state index contributed by atoms with van der Waals surface area (Å²) in [6.45, 7) is 7.20. The highest BCUT2D eigenvalue weighted by Gasteiger charge is 2.29. The van der Waals surface area contributed by atoms with Gasteiger partial charge in [0.05, 0.1) is 24.3 Å². The van der Waals surface area contributed by atoms with Crippen molar-refractivity contribution in [3.63, 3.8) is 0 Å². The van der Waals surface area contributed by atoms with Gasteiger partial charge in [-0.2, -0.15) is 4.31 Å². The first-order valence-electron chi connectivity index (χ1n) is 11.0. The van der Waals surface area contributed by atoms with Gasteiger partial charge in [-0.05, 0) is 62.4 Å². The molecule has 8 nitrogen and oxygen atoms in total. The lowest BCUT2D eigenvalue weighted by Crippen LogP contribution is -2.48. The van der Waals surface area contributed by atoms with Crippen LogP contribution in [0.25, 0.3) is 11.5 Å². The normalized spacial score (nSPS) is 15.5. The number of sulfonamides is 1. The zero-order valence-corrected chi connectivity index (χ0v) is 20.0. The fourth-order valence-electron chi connectivity index (χ4n) is 3.80. The summed E-state index contributed by atoms with van der Waals surface area (Å²) in [4.78, 5) is 7.17. The number of piperazine rings is 1. The quantitative estimate of drug-likeness (QED) is 0.497. The maximum atomic E-state index is 13.0. The molecule has 4 rings (SSSR count). The van der Waals surface area contributed by atoms with Crippen molar-refractivity contribution < 1.29 is 22.3 Å². The molecule has 9 heteroatoms. The third-order valence-corrected chi connectivity index (χ3v) is 7.62. The molecule has 3 aromatic rings. The highest BCUT2D eigenvalue weighted by atomic mass is 32.2. The fraction of sp³-hybridized carbons (Fsp3) is 0.375. The van der Waals surface area contributed by atoms with Gasteiger partial charge in [0.1, 0.15) is 17.3 Å². The van der Waals surface area contributed by atoms with Crippen molar-refractivity contribution in [3.8, 4) is 23.0 Å². The number of aryl methyl sites for hydroxylation is 1. The molecule has 33 heavy (non-hydrogen) atoms. The minimum atomic E-state index is -3.52. The molecule has 0 unspecified atom stereocenters. The Labute approximate surface area is 194 Å². The summed E-state index contributed by atoms with van der Waals surface area (Å²) in [5.74, 6) is 2.79. The van der Waals surface area contributed by atoms with E-state index in [9.17, 15) is 8.42 Å². The molecule has 1 fully saturated rings. The summed E-state index contributed by atoms with van der Waals surface area (Å²) in [5, 5.41) is 0. The lowest BCUT2D eigenvalue weighted by molar-refractivity contribution is 0.179. The van der Waals surface area contributed by atoms with Crippen LogP contribution in [0.5, 0.6) is 11.5 Å². The average Bonchev–Trinajstić information content (AvgIpc) is 3.20. The molecule has 0 amide bonds. The molecule has 0 bridgehead atoms. The van der Waals surface area contributed by atoms with Crippen molar-refractivity contribution in [2.45, 2.75) is 25.3 Å². The number of ether oxygens (including phenoxy) is 2. The molecule has 176 valence electrons. The highest BCUT2D eigenvalue weighted by molar-refractivity contribution is 7.89. The maximum Gasteiger partial charge on any atom is 0.243 e. The Morgan fingerprint density at radius 2 is 1.61 bits per heavy atom. The van der Waals surface area contributed by atoms with Crippen LogP contribution in [0.1, 0.15) is 18.4 Å². The number of hydrogen-bond acceptors (Lipinski definition) is 7. The Bertz CT molecular complexity index is 1170. The molecule has 1 aliphatic rings. The van der Waals surface area contributed by atoms with Crippen molar-refractivity contribution >= 4 is 10.0 Å². The molecule has 1 aliphatic heterocycles. The minimum Gasteiger partial charge on any atom is -0.497 e. The number of methoxy groups -OCH3 is 1. The molecule has 1 aromatic heterocycles. The molecule has 0 aliphatic carbocycles. The van der Waals surface area contributed by atoms with Crippen LogP contribution in [-0.4, -0.2) is 62.5 Å². The monoisotopic (exact) mass is 471 g/mol. The Morgan fingerprint density at radius 1 is 0.970 bits per heavy atom. The van der Waals surface area contributed by atoms with E-state index in [0.29, 0.717) is 51.0 Å². The van der Waals surface area contributed by atoms with Gasteiger partial charge in [0.25, 0.3) is 0 Å². The Hall–Kier alpha value is -2.88. The van der Waals surface area contributed by atoms with Gasteiger partial charge >= 0.3 is 0 Å². The molecule has 0 radical (unpaired) electrons. The molecule has 0 N–H and O–H groups in total. The average molecular weight is 472 g/mol. The van der Waals surface area contributed by atoms with E-state index in [-0.39, 0.29) is 4.90 Å². The molecular formula is C24H29N3O5S. The number of benzene rings is 2. The highest BCUT2D eigenvalue weighted by Crippen LogP contribution is 2.26. The van der Waals surface area contributed by atoms with Gasteiger partial charge in [-0.25, -0.2) is 13.4 Å². The van der Waals surface area contributed by atoms with Crippen LogP contribution in [-0.2, 0) is 16.6 Å². The van der Waals surface area contributed by atoms with Crippen LogP contribution < -0.4 is 9.47 Å². The van der Waals surface area contributed by atoms with Gasteiger partial charge in [0.15, 0.2) is 0 Å². The molecule has 0 spiro atoms. The standard InChI is InChI=1S/C24H29N3O5S/c1-4-31-21-7-5-19(6-8-21)24-25-23(18(2)32-24)17-26-13-15-27(16-14-26)33(28,29)22-11-9-20(30-3)10-12-22/h5-12H,4,13-17H2,1-3H3. The topological polar surface area (TPSA) is 85.1 Å². The third kappa shape index (κ3) is 5.21. The van der Waals surface area contributed by atoms with Crippen LogP contribution in [0.15, 0.2) is 57.8 Å². The first kappa shape index (κ1) is 23.3. The summed E-state index contributed by atoms with van der Waals surface area (Å²) in [6, 6.07) is 14.2. The Balaban J connectivity index is 1.38. The van der Waals surface area contributed by atoms with Gasteiger partial charge in [-0.15, -0.1) is 0 Å². The van der Waals surface area contributed by atoms with E-state index in [1.807, 2.05) is 38.1 Å². The van der Waals surface area contributed by atoms with Gasteiger partial charge in [0.2, 0.25) is 15.9 Å². The van der Waals surface area contributed by atoms with E-state index in [2.05, 4.69) is 9.88 Å². The largest absolute Gasteiger partial charge is 0.497 e. The first-order valence-corrected chi connectivity index (χ1v) is 12.4. The summed E-state index contributed by atoms with van der Waals surface area (Å²) >= 11 is 0. The molecule has 2 heterocycles. The van der Waals surface area contributed by atoms with Crippen molar-refractivity contribution in [2.75, 3.05) is 39.9 Å². The maximum absolute atomic E-state index is 13.0. The number of nitrogens with zero attached hydrogens (tertiary/aromatic N) is 3. The number of aromatic nitrogens is 1. The Morgan fingerprint density at radius 3 is 2.21 bits per heavy atom. The predicted molar refractivity (Wildman–Crippen MR) is 125 cm³/mol. The molecule has 0 saturated carbocycles. The second-order valence-corrected chi connectivity index (χ2v) is 9.77. The van der Waals surface area contributed by atoms with E-state index >= 15 is 0 Å². The minimum absolute atomic E-state index is 0.282. The lowest BCUT2D eigenvalue weighted by Gasteiger charge is -2.33. The zero-order valence-electron chi connectivity index (χ0n) is 19.2. The van der Waals surface area contributed by atoms with Crippen molar-refractivity contribution in [3.05, 3.63) is 60.0 Å². The van der Waals surface area contributed by atoms with Gasteiger partial charge < -0.3 is 13.9 Å². The zero-order chi connectivity index (χ0) is 23.4. The smallest absolute Gasteiger partial charge is 0.243 e. The van der Waals surface area contributed by atoms with Gasteiger partial charge in [0, 0.05) is 38.3 Å². The number of rotatable bonds is 8. The second-order valence-electron chi connectivity index (χ2n) is 7.84. The fourth-order valence-corrected chi connectivity index (χ4v) is 5.22. The number of oxazole rings is 1. The molecule has 2 aromatic carbocycles. The first-order chi connectivity index (χ1) is 15.9. The van der Waals surface area contributed by atoms with Crippen molar-refractivity contribution in [2.24, 2.45) is 0 Å². The predicted octanol–water partition coefficient (Wildman–Crippen LogP) is 3.56. The summed E-state index contributed by atoms with van der Waals surface area (Å²) < 4.78 is 44.0. The van der Waals surface area contributed by atoms with E-state index < -0.39 is 10.0 Å². The van der Waals surface area contributed by atoms with Gasteiger partial charge in [-0.3, -0.25) is 4.90 Å². The van der Waals surface area contributed by atoms with E-state index in [1.165, 1.54) is 4.31 Å². The lowest BCUT2D eigenvalue weighted by atomic mass is 10.2.